The average Bonchev–Trinajstić information content (AvgIpc) is 2.17. The smallest absolute Gasteiger partial charge is 0.234 e. The fourth-order valence-electron chi connectivity index (χ4n) is 1.55. The van der Waals surface area contributed by atoms with Crippen molar-refractivity contribution in [1.82, 2.24) is 10.6 Å². The predicted octanol–water partition coefficient (Wildman–Crippen LogP) is 1.61. The number of carbonyl (C=O) groups excluding carboxylic acids is 1. The van der Waals surface area contributed by atoms with Crippen LogP contribution in [-0.2, 0) is 11.2 Å². The van der Waals surface area contributed by atoms with E-state index in [1.165, 1.54) is 0 Å². The number of nitrogens with one attached hydrogen (secondary N) is 2. The zero-order chi connectivity index (χ0) is 12.0. The fourth-order valence-corrected chi connectivity index (χ4v) is 1.77. The lowest BCUT2D eigenvalue weighted by Gasteiger charge is -2.13. The summed E-state index contributed by atoms with van der Waals surface area (Å²) < 4.78 is 0. The maximum Gasteiger partial charge on any atom is 0.234 e. The van der Waals surface area contributed by atoms with Crippen molar-refractivity contribution in [1.29, 1.82) is 0 Å². The minimum atomic E-state index is 0.0111. The Bertz CT molecular complexity index is 355. The molecule has 1 rings (SSSR count). The number of likely N-dealkylation sites (N-methyl/N-ethyl adjacent to an activating group) is 1. The van der Waals surface area contributed by atoms with E-state index in [0.29, 0.717) is 6.54 Å². The van der Waals surface area contributed by atoms with Crippen LogP contribution in [-0.4, -0.2) is 25.5 Å². The molecule has 0 aliphatic rings. The first-order valence-corrected chi connectivity index (χ1v) is 5.68. The summed E-state index contributed by atoms with van der Waals surface area (Å²) in [7, 11) is 1.75. The van der Waals surface area contributed by atoms with Gasteiger partial charge in [-0.1, -0.05) is 23.7 Å². The lowest BCUT2D eigenvalue weighted by atomic mass is 10.1. The van der Waals surface area contributed by atoms with Gasteiger partial charge in [0.25, 0.3) is 0 Å². The van der Waals surface area contributed by atoms with E-state index in [1.54, 1.807) is 7.05 Å². The number of rotatable bonds is 5. The van der Waals surface area contributed by atoms with Gasteiger partial charge in [-0.05, 0) is 38.1 Å². The van der Waals surface area contributed by atoms with Gasteiger partial charge in [0.15, 0.2) is 0 Å². The largest absolute Gasteiger partial charge is 0.352 e. The Morgan fingerprint density at radius 2 is 2.25 bits per heavy atom. The van der Waals surface area contributed by atoms with Crippen LogP contribution in [0.3, 0.4) is 0 Å². The van der Waals surface area contributed by atoms with Crippen LogP contribution in [0.2, 0.25) is 5.02 Å². The van der Waals surface area contributed by atoms with Crippen molar-refractivity contribution in [3.8, 4) is 0 Å². The third-order valence-corrected chi connectivity index (χ3v) is 2.41. The summed E-state index contributed by atoms with van der Waals surface area (Å²) in [6.45, 7) is 2.33. The molecule has 1 aromatic carbocycles. The summed E-state index contributed by atoms with van der Waals surface area (Å²) in [6.07, 6.45) is 0.788. The van der Waals surface area contributed by atoms with Gasteiger partial charge < -0.3 is 10.6 Å². The van der Waals surface area contributed by atoms with Crippen molar-refractivity contribution in [2.45, 2.75) is 19.4 Å². The molecule has 0 spiro atoms. The molecular formula is C12H17ClN2O. The first-order chi connectivity index (χ1) is 7.61. The topological polar surface area (TPSA) is 41.1 Å². The Kier molecular flexibility index (Phi) is 5.29. The molecule has 2 N–H and O–H groups in total. The van der Waals surface area contributed by atoms with Crippen LogP contribution in [0.15, 0.2) is 24.3 Å². The highest BCUT2D eigenvalue weighted by Crippen LogP contribution is 2.12. The molecule has 4 heteroatoms. The maximum absolute atomic E-state index is 11.3. The zero-order valence-corrected chi connectivity index (χ0v) is 10.3. The van der Waals surface area contributed by atoms with Gasteiger partial charge in [0, 0.05) is 11.1 Å². The summed E-state index contributed by atoms with van der Waals surface area (Å²) in [5.74, 6) is 0.0111. The molecule has 0 heterocycles. The molecule has 0 saturated carbocycles. The molecule has 3 nitrogen and oxygen atoms in total. The molecule has 0 aliphatic heterocycles. The minimum Gasteiger partial charge on any atom is -0.352 e. The molecular weight excluding hydrogens is 224 g/mol. The van der Waals surface area contributed by atoms with Crippen molar-refractivity contribution in [3.05, 3.63) is 34.9 Å². The highest BCUT2D eigenvalue weighted by molar-refractivity contribution is 6.30. The molecule has 0 fully saturated rings. The molecule has 1 atom stereocenters. The van der Waals surface area contributed by atoms with E-state index in [9.17, 15) is 4.79 Å². The van der Waals surface area contributed by atoms with Crippen LogP contribution in [0.25, 0.3) is 0 Å². The van der Waals surface area contributed by atoms with Gasteiger partial charge in [0.05, 0.1) is 6.54 Å². The molecule has 0 bridgehead atoms. The minimum absolute atomic E-state index is 0.0111. The summed E-state index contributed by atoms with van der Waals surface area (Å²) in [6, 6.07) is 7.80. The number of amides is 1. The lowest BCUT2D eigenvalue weighted by molar-refractivity contribution is -0.120. The highest BCUT2D eigenvalue weighted by atomic mass is 35.5. The van der Waals surface area contributed by atoms with Crippen LogP contribution < -0.4 is 10.6 Å². The molecule has 1 unspecified atom stereocenters. The summed E-state index contributed by atoms with van der Waals surface area (Å²) in [5, 5.41) is 6.44. The van der Waals surface area contributed by atoms with E-state index in [1.807, 2.05) is 31.2 Å². The van der Waals surface area contributed by atoms with Crippen LogP contribution in [0.1, 0.15) is 12.5 Å². The van der Waals surface area contributed by atoms with Crippen molar-refractivity contribution < 1.29 is 4.79 Å². The van der Waals surface area contributed by atoms with E-state index in [2.05, 4.69) is 10.6 Å². The number of hydrogen-bond acceptors (Lipinski definition) is 2. The Labute approximate surface area is 101 Å². The third-order valence-electron chi connectivity index (χ3n) is 2.18. The lowest BCUT2D eigenvalue weighted by Crippen LogP contribution is -2.39. The Hall–Kier alpha value is -1.06. The second kappa shape index (κ2) is 6.51. The Morgan fingerprint density at radius 1 is 1.50 bits per heavy atom. The predicted molar refractivity (Wildman–Crippen MR) is 66.7 cm³/mol. The van der Waals surface area contributed by atoms with Crippen LogP contribution in [0.5, 0.6) is 0 Å². The van der Waals surface area contributed by atoms with Gasteiger partial charge in [0.1, 0.15) is 0 Å². The van der Waals surface area contributed by atoms with Gasteiger partial charge in [-0.15, -0.1) is 0 Å². The van der Waals surface area contributed by atoms with Crippen LogP contribution in [0.4, 0.5) is 0 Å². The van der Waals surface area contributed by atoms with Crippen molar-refractivity contribution in [2.75, 3.05) is 13.6 Å². The average molecular weight is 241 g/mol. The zero-order valence-electron chi connectivity index (χ0n) is 9.59. The quantitative estimate of drug-likeness (QED) is 0.821. The van der Waals surface area contributed by atoms with E-state index < -0.39 is 0 Å². The van der Waals surface area contributed by atoms with E-state index in [0.717, 1.165) is 17.0 Å². The van der Waals surface area contributed by atoms with Crippen LogP contribution in [0, 0.1) is 0 Å². The maximum atomic E-state index is 11.3. The number of carbonyl (C=O) groups is 1. The molecule has 1 amide bonds. The molecule has 88 valence electrons. The highest BCUT2D eigenvalue weighted by Gasteiger charge is 2.07. The van der Waals surface area contributed by atoms with Crippen LogP contribution >= 0.6 is 11.6 Å². The van der Waals surface area contributed by atoms with Crippen molar-refractivity contribution in [3.63, 3.8) is 0 Å². The van der Waals surface area contributed by atoms with E-state index in [-0.39, 0.29) is 11.9 Å². The normalized spacial score (nSPS) is 12.2. The fraction of sp³-hybridized carbons (Fsp3) is 0.417. The molecule has 0 saturated heterocycles. The molecule has 0 aromatic heterocycles. The number of benzene rings is 1. The Balaban J connectivity index is 2.45. The van der Waals surface area contributed by atoms with Crippen molar-refractivity contribution in [2.24, 2.45) is 0 Å². The Morgan fingerprint density at radius 3 is 2.88 bits per heavy atom. The second-order valence-corrected chi connectivity index (χ2v) is 4.27. The third kappa shape index (κ3) is 4.64. The van der Waals surface area contributed by atoms with Gasteiger partial charge in [-0.3, -0.25) is 4.79 Å². The molecule has 0 aliphatic carbocycles. The van der Waals surface area contributed by atoms with E-state index >= 15 is 0 Å². The summed E-state index contributed by atoms with van der Waals surface area (Å²) >= 11 is 5.89. The molecule has 0 radical (unpaired) electrons. The standard InChI is InChI=1S/C12H17ClN2O/c1-9(15-12(16)8-14-2)6-10-4-3-5-11(13)7-10/h3-5,7,9,14H,6,8H2,1-2H3,(H,15,16). The van der Waals surface area contributed by atoms with Gasteiger partial charge in [-0.2, -0.15) is 0 Å². The molecule has 16 heavy (non-hydrogen) atoms. The summed E-state index contributed by atoms with van der Waals surface area (Å²) in [5.41, 5.74) is 1.13. The molecule has 1 aromatic rings. The van der Waals surface area contributed by atoms with Gasteiger partial charge >= 0.3 is 0 Å². The first-order valence-electron chi connectivity index (χ1n) is 5.30. The number of halogens is 1. The first kappa shape index (κ1) is 13.0. The SMILES string of the molecule is CNCC(=O)NC(C)Cc1cccc(Cl)c1. The monoisotopic (exact) mass is 240 g/mol. The second-order valence-electron chi connectivity index (χ2n) is 3.83. The van der Waals surface area contributed by atoms with Crippen molar-refractivity contribution >= 4 is 17.5 Å². The summed E-state index contributed by atoms with van der Waals surface area (Å²) in [4.78, 5) is 11.3. The van der Waals surface area contributed by atoms with Gasteiger partial charge in [0.2, 0.25) is 5.91 Å². The van der Waals surface area contributed by atoms with Gasteiger partial charge in [-0.25, -0.2) is 0 Å². The van der Waals surface area contributed by atoms with E-state index in [4.69, 9.17) is 11.6 Å². The number of hydrogen-bond donors (Lipinski definition) is 2.